The van der Waals surface area contributed by atoms with Gasteiger partial charge in [-0.05, 0) is 47.2 Å². The quantitative estimate of drug-likeness (QED) is 0.186. The van der Waals surface area contributed by atoms with E-state index < -0.39 is 0 Å². The first kappa shape index (κ1) is 29.0. The third-order valence-electron chi connectivity index (χ3n) is 9.80. The lowest BCUT2D eigenvalue weighted by molar-refractivity contribution is 1.17. The van der Waals surface area contributed by atoms with Gasteiger partial charge in [0, 0.05) is 44.1 Å². The summed E-state index contributed by atoms with van der Waals surface area (Å²) < 4.78 is 2.38. The third-order valence-corrected chi connectivity index (χ3v) is 9.80. The molecule has 4 nitrogen and oxygen atoms in total. The van der Waals surface area contributed by atoms with Crippen LogP contribution < -0.4 is 0 Å². The molecular formula is C47H30N4. The number of fused-ring (bicyclic) bond motifs is 6. The molecule has 7 aromatic carbocycles. The Hall–Kier alpha value is -6.91. The zero-order chi connectivity index (χ0) is 33.7. The summed E-state index contributed by atoms with van der Waals surface area (Å²) in [6.45, 7) is 0. The molecule has 0 aliphatic carbocycles. The summed E-state index contributed by atoms with van der Waals surface area (Å²) in [5, 5.41) is 5.72. The van der Waals surface area contributed by atoms with Gasteiger partial charge in [-0.2, -0.15) is 0 Å². The van der Waals surface area contributed by atoms with Gasteiger partial charge in [-0.1, -0.05) is 146 Å². The monoisotopic (exact) mass is 650 g/mol. The van der Waals surface area contributed by atoms with Crippen molar-refractivity contribution in [2.45, 2.75) is 0 Å². The van der Waals surface area contributed by atoms with Crippen LogP contribution in [0.15, 0.2) is 182 Å². The Morgan fingerprint density at radius 2 is 0.902 bits per heavy atom. The standard InChI is InChI=1S/C47H30N4/c1-4-16-31(17-5-1)41-30-42(32-18-6-2-7-19-32)50-47(49-41)37-29-28-36(34-22-10-11-23-35(34)37)45-46-44(38-24-12-14-26-40(38)48-45)39-25-13-15-27-43(39)51(46)33-20-8-3-9-21-33/h1-30H. The number of pyridine rings is 1. The summed E-state index contributed by atoms with van der Waals surface area (Å²) in [5.41, 5.74) is 11.2. The molecule has 0 amide bonds. The zero-order valence-corrected chi connectivity index (χ0v) is 27.6. The van der Waals surface area contributed by atoms with Gasteiger partial charge in [0.25, 0.3) is 0 Å². The van der Waals surface area contributed by atoms with Gasteiger partial charge in [-0.15, -0.1) is 0 Å². The number of hydrogen-bond donors (Lipinski definition) is 0. The lowest BCUT2D eigenvalue weighted by Gasteiger charge is -2.16. The van der Waals surface area contributed by atoms with Crippen LogP contribution in [0.3, 0.4) is 0 Å². The van der Waals surface area contributed by atoms with Gasteiger partial charge in [0.05, 0.1) is 33.6 Å². The Bertz CT molecular complexity index is 2840. The maximum atomic E-state index is 5.46. The second kappa shape index (κ2) is 11.9. The van der Waals surface area contributed by atoms with Crippen LogP contribution in [0.1, 0.15) is 0 Å². The molecule has 0 saturated heterocycles. The Kier molecular flexibility index (Phi) is 6.78. The number of rotatable bonds is 5. The zero-order valence-electron chi connectivity index (χ0n) is 27.6. The topological polar surface area (TPSA) is 43.6 Å². The van der Waals surface area contributed by atoms with Gasteiger partial charge < -0.3 is 4.57 Å². The molecule has 3 heterocycles. The van der Waals surface area contributed by atoms with Crippen molar-refractivity contribution in [2.24, 2.45) is 0 Å². The van der Waals surface area contributed by atoms with Crippen LogP contribution in [0, 0.1) is 0 Å². The number of nitrogens with zero attached hydrogens (tertiary/aromatic N) is 4. The highest BCUT2D eigenvalue weighted by Crippen LogP contribution is 2.44. The molecule has 0 atom stereocenters. The van der Waals surface area contributed by atoms with Crippen LogP contribution >= 0.6 is 0 Å². The minimum atomic E-state index is 0.688. The molecule has 238 valence electrons. The number of para-hydroxylation sites is 3. The van der Waals surface area contributed by atoms with Crippen molar-refractivity contribution >= 4 is 43.5 Å². The summed E-state index contributed by atoms with van der Waals surface area (Å²) in [6.07, 6.45) is 0. The molecular weight excluding hydrogens is 621 g/mol. The van der Waals surface area contributed by atoms with E-state index in [2.05, 4.69) is 174 Å². The first-order chi connectivity index (χ1) is 25.3. The molecule has 0 N–H and O–H groups in total. The van der Waals surface area contributed by atoms with E-state index in [4.69, 9.17) is 15.0 Å². The van der Waals surface area contributed by atoms with Gasteiger partial charge >= 0.3 is 0 Å². The average Bonchev–Trinajstić information content (AvgIpc) is 3.57. The highest BCUT2D eigenvalue weighted by molar-refractivity contribution is 6.24. The van der Waals surface area contributed by atoms with E-state index in [1.54, 1.807) is 0 Å². The van der Waals surface area contributed by atoms with Crippen molar-refractivity contribution in [3.63, 3.8) is 0 Å². The second-order valence-corrected chi connectivity index (χ2v) is 12.8. The number of hydrogen-bond acceptors (Lipinski definition) is 3. The summed E-state index contributed by atoms with van der Waals surface area (Å²) >= 11 is 0. The molecule has 0 aliphatic rings. The normalized spacial score (nSPS) is 11.5. The molecule has 51 heavy (non-hydrogen) atoms. The summed E-state index contributed by atoms with van der Waals surface area (Å²) in [4.78, 5) is 15.9. The summed E-state index contributed by atoms with van der Waals surface area (Å²) in [6, 6.07) is 63.5. The van der Waals surface area contributed by atoms with E-state index in [1.807, 2.05) is 12.1 Å². The van der Waals surface area contributed by atoms with Crippen LogP contribution in [-0.4, -0.2) is 19.5 Å². The molecule has 0 spiro atoms. The van der Waals surface area contributed by atoms with E-state index in [0.29, 0.717) is 5.82 Å². The Labute approximate surface area is 295 Å². The van der Waals surface area contributed by atoms with E-state index in [9.17, 15) is 0 Å². The molecule has 0 saturated carbocycles. The van der Waals surface area contributed by atoms with Gasteiger partial charge in [0.1, 0.15) is 0 Å². The molecule has 0 unspecified atom stereocenters. The van der Waals surface area contributed by atoms with Gasteiger partial charge in [-0.3, -0.25) is 0 Å². The molecule has 0 aliphatic heterocycles. The average molecular weight is 651 g/mol. The maximum absolute atomic E-state index is 5.46. The SMILES string of the molecule is c1ccc(-c2cc(-c3ccccc3)nc(-c3ccc(-c4nc5ccccc5c5c6ccccc6n(-c6ccccc6)c45)c4ccccc34)n2)cc1. The molecule has 10 rings (SSSR count). The van der Waals surface area contributed by atoms with E-state index >= 15 is 0 Å². The molecule has 0 radical (unpaired) electrons. The lowest BCUT2D eigenvalue weighted by Crippen LogP contribution is -1.99. The Balaban J connectivity index is 1.28. The van der Waals surface area contributed by atoms with Crippen molar-refractivity contribution in [2.75, 3.05) is 0 Å². The van der Waals surface area contributed by atoms with Crippen LogP contribution in [0.5, 0.6) is 0 Å². The fraction of sp³-hybridized carbons (Fsp3) is 0. The fourth-order valence-electron chi connectivity index (χ4n) is 7.51. The smallest absolute Gasteiger partial charge is 0.161 e. The molecule has 10 aromatic rings. The first-order valence-corrected chi connectivity index (χ1v) is 17.2. The first-order valence-electron chi connectivity index (χ1n) is 17.2. The van der Waals surface area contributed by atoms with Gasteiger partial charge in [-0.25, -0.2) is 15.0 Å². The number of benzene rings is 7. The van der Waals surface area contributed by atoms with Crippen molar-refractivity contribution < 1.29 is 0 Å². The minimum Gasteiger partial charge on any atom is -0.307 e. The largest absolute Gasteiger partial charge is 0.307 e. The molecule has 0 fully saturated rings. The van der Waals surface area contributed by atoms with Crippen LogP contribution in [0.4, 0.5) is 0 Å². The predicted molar refractivity (Wildman–Crippen MR) is 211 cm³/mol. The van der Waals surface area contributed by atoms with E-state index in [-0.39, 0.29) is 0 Å². The van der Waals surface area contributed by atoms with Crippen LogP contribution in [0.2, 0.25) is 0 Å². The molecule has 4 heteroatoms. The van der Waals surface area contributed by atoms with Gasteiger partial charge in [0.15, 0.2) is 5.82 Å². The van der Waals surface area contributed by atoms with Crippen LogP contribution in [0.25, 0.3) is 94.3 Å². The Morgan fingerprint density at radius 3 is 1.57 bits per heavy atom. The predicted octanol–water partition coefficient (Wildman–Crippen LogP) is 11.9. The third kappa shape index (κ3) is 4.80. The summed E-state index contributed by atoms with van der Waals surface area (Å²) in [5.74, 6) is 0.688. The van der Waals surface area contributed by atoms with E-state index in [1.165, 1.54) is 10.8 Å². The maximum Gasteiger partial charge on any atom is 0.161 e. The van der Waals surface area contributed by atoms with Crippen molar-refractivity contribution in [3.05, 3.63) is 182 Å². The summed E-state index contributed by atoms with van der Waals surface area (Å²) in [7, 11) is 0. The second-order valence-electron chi connectivity index (χ2n) is 12.8. The highest BCUT2D eigenvalue weighted by Gasteiger charge is 2.22. The van der Waals surface area contributed by atoms with Crippen molar-refractivity contribution in [1.29, 1.82) is 0 Å². The Morgan fingerprint density at radius 1 is 0.392 bits per heavy atom. The van der Waals surface area contributed by atoms with Crippen molar-refractivity contribution in [3.8, 4) is 50.8 Å². The van der Waals surface area contributed by atoms with Gasteiger partial charge in [0.2, 0.25) is 0 Å². The van der Waals surface area contributed by atoms with E-state index in [0.717, 1.165) is 77.7 Å². The van der Waals surface area contributed by atoms with Crippen molar-refractivity contribution in [1.82, 2.24) is 19.5 Å². The number of aromatic nitrogens is 4. The minimum absolute atomic E-state index is 0.688. The lowest BCUT2D eigenvalue weighted by atomic mass is 9.95. The van der Waals surface area contributed by atoms with Crippen LogP contribution in [-0.2, 0) is 0 Å². The fourth-order valence-corrected chi connectivity index (χ4v) is 7.51. The molecule has 3 aromatic heterocycles. The highest BCUT2D eigenvalue weighted by atomic mass is 15.0. The molecule has 0 bridgehead atoms.